The van der Waals surface area contributed by atoms with E-state index >= 15 is 0 Å². The van der Waals surface area contributed by atoms with Crippen LogP contribution in [0.1, 0.15) is 5.56 Å². The largest absolute Gasteiger partial charge is 0.496 e. The number of aromatic nitrogens is 2. The first kappa shape index (κ1) is 13.4. The Labute approximate surface area is 114 Å². The third-order valence-electron chi connectivity index (χ3n) is 2.61. The van der Waals surface area contributed by atoms with Crippen molar-refractivity contribution in [1.82, 2.24) is 9.55 Å². The Morgan fingerprint density at radius 3 is 2.89 bits per heavy atom. The van der Waals surface area contributed by atoms with Gasteiger partial charge in [-0.25, -0.2) is 4.98 Å². The normalized spacial score (nSPS) is 10.4. The second-order valence-electron chi connectivity index (χ2n) is 3.86. The maximum Gasteiger partial charge on any atom is 0.270 e. The summed E-state index contributed by atoms with van der Waals surface area (Å²) in [6, 6.07) is 4.59. The first-order valence-electron chi connectivity index (χ1n) is 5.53. The standard InChI is InChI=1S/C12H13N3O3S/c1-14-6-5-13-12(14)19-8-9-7-10(15(16)17)3-4-11(9)18-2/h3-7H,8H2,1-2H3. The summed E-state index contributed by atoms with van der Waals surface area (Å²) in [7, 11) is 3.45. The zero-order valence-electron chi connectivity index (χ0n) is 10.6. The summed E-state index contributed by atoms with van der Waals surface area (Å²) in [4.78, 5) is 14.6. The molecule has 0 spiro atoms. The number of nitrogens with zero attached hydrogens (tertiary/aromatic N) is 3. The monoisotopic (exact) mass is 279 g/mol. The number of rotatable bonds is 5. The summed E-state index contributed by atoms with van der Waals surface area (Å²) >= 11 is 1.51. The van der Waals surface area contributed by atoms with Crippen molar-refractivity contribution in [2.24, 2.45) is 7.05 Å². The predicted octanol–water partition coefficient (Wildman–Crippen LogP) is 2.63. The summed E-state index contributed by atoms with van der Waals surface area (Å²) in [5.74, 6) is 1.21. The van der Waals surface area contributed by atoms with Crippen molar-refractivity contribution in [3.8, 4) is 5.75 Å². The van der Waals surface area contributed by atoms with E-state index in [-0.39, 0.29) is 5.69 Å². The number of benzene rings is 1. The average Bonchev–Trinajstić information content (AvgIpc) is 2.81. The van der Waals surface area contributed by atoms with Crippen LogP contribution in [0.25, 0.3) is 0 Å². The molecule has 2 rings (SSSR count). The Morgan fingerprint density at radius 2 is 2.32 bits per heavy atom. The van der Waals surface area contributed by atoms with Gasteiger partial charge in [-0.2, -0.15) is 0 Å². The summed E-state index contributed by atoms with van der Waals surface area (Å²) in [5, 5.41) is 11.6. The lowest BCUT2D eigenvalue weighted by atomic mass is 10.2. The number of hydrogen-bond acceptors (Lipinski definition) is 5. The number of hydrogen-bond donors (Lipinski definition) is 0. The van der Waals surface area contributed by atoms with Gasteiger partial charge in [0.2, 0.25) is 0 Å². The third kappa shape index (κ3) is 3.05. The molecule has 1 aromatic carbocycles. The summed E-state index contributed by atoms with van der Waals surface area (Å²) in [6.45, 7) is 0. The zero-order chi connectivity index (χ0) is 13.8. The molecule has 1 heterocycles. The highest BCUT2D eigenvalue weighted by Gasteiger charge is 2.12. The molecule has 0 bridgehead atoms. The van der Waals surface area contributed by atoms with Crippen molar-refractivity contribution in [2.75, 3.05) is 7.11 Å². The molecule has 0 radical (unpaired) electrons. The van der Waals surface area contributed by atoms with Crippen molar-refractivity contribution >= 4 is 17.4 Å². The molecule has 6 nitrogen and oxygen atoms in total. The molecule has 0 saturated carbocycles. The van der Waals surface area contributed by atoms with Crippen LogP contribution in [0, 0.1) is 10.1 Å². The van der Waals surface area contributed by atoms with Crippen molar-refractivity contribution < 1.29 is 9.66 Å². The van der Waals surface area contributed by atoms with Crippen LogP contribution in [-0.4, -0.2) is 21.6 Å². The van der Waals surface area contributed by atoms with E-state index in [4.69, 9.17) is 4.74 Å². The lowest BCUT2D eigenvalue weighted by molar-refractivity contribution is -0.384. The van der Waals surface area contributed by atoms with Crippen LogP contribution in [0.2, 0.25) is 0 Å². The molecule has 0 saturated heterocycles. The second kappa shape index (κ2) is 5.75. The fourth-order valence-electron chi connectivity index (χ4n) is 1.62. The van der Waals surface area contributed by atoms with E-state index < -0.39 is 4.92 Å². The molecule has 0 atom stereocenters. The van der Waals surface area contributed by atoms with Crippen LogP contribution in [0.4, 0.5) is 5.69 Å². The van der Waals surface area contributed by atoms with E-state index in [1.165, 1.54) is 23.9 Å². The molecule has 0 fully saturated rings. The van der Waals surface area contributed by atoms with Gasteiger partial charge in [-0.3, -0.25) is 10.1 Å². The van der Waals surface area contributed by atoms with Crippen LogP contribution in [0.15, 0.2) is 35.7 Å². The van der Waals surface area contributed by atoms with E-state index in [0.29, 0.717) is 11.5 Å². The van der Waals surface area contributed by atoms with Gasteiger partial charge in [0, 0.05) is 42.9 Å². The van der Waals surface area contributed by atoms with Gasteiger partial charge in [0.25, 0.3) is 5.69 Å². The number of non-ortho nitro benzene ring substituents is 1. The molecule has 0 amide bonds. The molecule has 0 N–H and O–H groups in total. The van der Waals surface area contributed by atoms with Gasteiger partial charge in [0.1, 0.15) is 5.75 Å². The number of nitro groups is 1. The van der Waals surface area contributed by atoms with Crippen molar-refractivity contribution in [2.45, 2.75) is 10.9 Å². The Kier molecular flexibility index (Phi) is 4.06. The molecule has 0 aliphatic heterocycles. The number of thioether (sulfide) groups is 1. The first-order valence-corrected chi connectivity index (χ1v) is 6.52. The van der Waals surface area contributed by atoms with Gasteiger partial charge in [-0.15, -0.1) is 0 Å². The Bertz CT molecular complexity index is 598. The highest BCUT2D eigenvalue weighted by Crippen LogP contribution is 2.29. The fraction of sp³-hybridized carbons (Fsp3) is 0.250. The predicted molar refractivity (Wildman–Crippen MR) is 72.4 cm³/mol. The Balaban J connectivity index is 2.20. The SMILES string of the molecule is COc1ccc([N+](=O)[O-])cc1CSc1nccn1C. The quantitative estimate of drug-likeness (QED) is 0.478. The second-order valence-corrected chi connectivity index (χ2v) is 4.81. The molecule has 100 valence electrons. The minimum Gasteiger partial charge on any atom is -0.496 e. The smallest absolute Gasteiger partial charge is 0.270 e. The number of nitro benzene ring substituents is 1. The number of methoxy groups -OCH3 is 1. The molecule has 19 heavy (non-hydrogen) atoms. The molecule has 0 aliphatic rings. The van der Waals surface area contributed by atoms with E-state index in [0.717, 1.165) is 10.7 Å². The lowest BCUT2D eigenvalue weighted by Crippen LogP contribution is -1.95. The summed E-state index contributed by atoms with van der Waals surface area (Å²) in [5.41, 5.74) is 0.848. The molecule has 2 aromatic rings. The van der Waals surface area contributed by atoms with Crippen LogP contribution in [-0.2, 0) is 12.8 Å². The van der Waals surface area contributed by atoms with Crippen molar-refractivity contribution in [3.63, 3.8) is 0 Å². The minimum absolute atomic E-state index is 0.0660. The van der Waals surface area contributed by atoms with E-state index in [9.17, 15) is 10.1 Å². The highest BCUT2D eigenvalue weighted by molar-refractivity contribution is 7.98. The Morgan fingerprint density at radius 1 is 1.53 bits per heavy atom. The molecular formula is C12H13N3O3S. The molecule has 0 unspecified atom stereocenters. The minimum atomic E-state index is -0.408. The van der Waals surface area contributed by atoms with Crippen molar-refractivity contribution in [1.29, 1.82) is 0 Å². The highest BCUT2D eigenvalue weighted by atomic mass is 32.2. The van der Waals surface area contributed by atoms with E-state index in [2.05, 4.69) is 4.98 Å². The number of ether oxygens (including phenoxy) is 1. The topological polar surface area (TPSA) is 70.2 Å². The van der Waals surface area contributed by atoms with Gasteiger partial charge in [0.15, 0.2) is 5.16 Å². The van der Waals surface area contributed by atoms with Gasteiger partial charge >= 0.3 is 0 Å². The molecular weight excluding hydrogens is 266 g/mol. The zero-order valence-corrected chi connectivity index (χ0v) is 11.4. The first-order chi connectivity index (χ1) is 9.11. The summed E-state index contributed by atoms with van der Waals surface area (Å²) < 4.78 is 7.11. The van der Waals surface area contributed by atoms with Gasteiger partial charge in [-0.05, 0) is 6.07 Å². The van der Waals surface area contributed by atoms with Gasteiger partial charge < -0.3 is 9.30 Å². The van der Waals surface area contributed by atoms with Crippen LogP contribution in [0.5, 0.6) is 5.75 Å². The maximum absolute atomic E-state index is 10.8. The summed E-state index contributed by atoms with van der Waals surface area (Å²) in [6.07, 6.45) is 3.57. The van der Waals surface area contributed by atoms with Crippen LogP contribution in [0.3, 0.4) is 0 Å². The molecule has 1 aromatic heterocycles. The number of imidazole rings is 1. The van der Waals surface area contributed by atoms with Crippen molar-refractivity contribution in [3.05, 3.63) is 46.3 Å². The van der Waals surface area contributed by atoms with E-state index in [1.807, 2.05) is 17.8 Å². The van der Waals surface area contributed by atoms with Crippen LogP contribution >= 0.6 is 11.8 Å². The number of aryl methyl sites for hydroxylation is 1. The lowest BCUT2D eigenvalue weighted by Gasteiger charge is -2.07. The van der Waals surface area contributed by atoms with Gasteiger partial charge in [-0.1, -0.05) is 11.8 Å². The van der Waals surface area contributed by atoms with Crippen LogP contribution < -0.4 is 4.74 Å². The fourth-order valence-corrected chi connectivity index (χ4v) is 2.53. The molecule has 7 heteroatoms. The Hall–Kier alpha value is -2.02. The van der Waals surface area contributed by atoms with E-state index in [1.54, 1.807) is 19.4 Å². The maximum atomic E-state index is 10.8. The average molecular weight is 279 g/mol. The van der Waals surface area contributed by atoms with Gasteiger partial charge in [0.05, 0.1) is 12.0 Å². The molecule has 0 aliphatic carbocycles. The third-order valence-corrected chi connectivity index (χ3v) is 3.72.